The first-order chi connectivity index (χ1) is 38.3. The molecule has 0 aliphatic rings. The van der Waals surface area contributed by atoms with Crippen molar-refractivity contribution in [2.24, 2.45) is 0 Å². The Labute approximate surface area is 463 Å². The van der Waals surface area contributed by atoms with E-state index in [4.69, 9.17) is 14.2 Å². The minimum absolute atomic E-state index is 0.119. The van der Waals surface area contributed by atoms with Crippen molar-refractivity contribution < 1.29 is 47.9 Å². The molecule has 6 aromatic rings. The third kappa shape index (κ3) is 17.5. The molecule has 0 unspecified atom stereocenters. The monoisotopic (exact) mass is 1120 g/mol. The maximum atomic E-state index is 16.8. The van der Waals surface area contributed by atoms with Crippen molar-refractivity contribution in [3.05, 3.63) is 173 Å². The highest BCUT2D eigenvalue weighted by Crippen LogP contribution is 2.59. The molecule has 0 spiro atoms. The fourth-order valence-electron chi connectivity index (χ4n) is 8.66. The van der Waals surface area contributed by atoms with Gasteiger partial charge in [0.1, 0.15) is 24.4 Å². The Morgan fingerprint density at radius 1 is 0.412 bits per heavy atom. The van der Waals surface area contributed by atoms with E-state index in [1.165, 1.54) is 72.8 Å². The number of ether oxygens (including phenoxy) is 3. The van der Waals surface area contributed by atoms with Crippen LogP contribution in [-0.2, 0) is 23.1 Å². The van der Waals surface area contributed by atoms with Gasteiger partial charge in [-0.1, -0.05) is 40.0 Å². The van der Waals surface area contributed by atoms with E-state index in [2.05, 4.69) is 31.9 Å². The number of nitro groups is 3. The molecular weight excluding hydrogens is 1050 g/mol. The zero-order valence-electron chi connectivity index (χ0n) is 45.5. The lowest BCUT2D eigenvalue weighted by Gasteiger charge is -2.26. The maximum absolute atomic E-state index is 16.8. The molecule has 0 aromatic heterocycles. The average molecular weight is 1120 g/mol. The van der Waals surface area contributed by atoms with Crippen molar-refractivity contribution in [3.8, 4) is 17.2 Å². The van der Waals surface area contributed by atoms with Crippen molar-refractivity contribution in [2.45, 2.75) is 98.6 Å². The molecule has 0 aliphatic carbocycles. The minimum Gasteiger partial charge on any atom is -0.493 e. The molecule has 0 bridgehead atoms. The molecule has 0 heterocycles. The standard InChI is InChI=1S/C57H66N9O13P/c1-7-10-25-77-52-37(4)28-46(61-55(67)58-43-13-19-49(20-14-43)64(70)71)31-40(52)34-80(76,35-41-32-47(29-38(5)53(41)78-26-11-8-2)62-56(68)59-44-15-21-50(22-16-44)65(72)73)36-42-33-48(30-39(6)54(42)79-27-12-9-3)63-57(69)60-45-17-23-51(24-18-45)66(74)75/h13-24,28-33H,7-12,25-27,34-36H2,1-6H3,(H2,58,61,67)(H2,59,62,68)(H2,60,63,69). The number of rotatable bonds is 27. The molecule has 422 valence electrons. The summed E-state index contributed by atoms with van der Waals surface area (Å²) in [5.74, 6) is 1.38. The van der Waals surface area contributed by atoms with Crippen molar-refractivity contribution in [3.63, 3.8) is 0 Å². The van der Waals surface area contributed by atoms with Gasteiger partial charge in [0.05, 0.1) is 34.6 Å². The second-order valence-corrected chi connectivity index (χ2v) is 22.2. The second-order valence-electron chi connectivity index (χ2n) is 19.1. The van der Waals surface area contributed by atoms with Gasteiger partial charge in [-0.25, -0.2) is 14.4 Å². The van der Waals surface area contributed by atoms with Crippen LogP contribution in [0.5, 0.6) is 17.2 Å². The van der Waals surface area contributed by atoms with Gasteiger partial charge in [0.15, 0.2) is 0 Å². The van der Waals surface area contributed by atoms with Crippen molar-refractivity contribution in [2.75, 3.05) is 51.7 Å². The molecule has 0 saturated heterocycles. The van der Waals surface area contributed by atoms with E-state index < -0.39 is 40.0 Å². The van der Waals surface area contributed by atoms with Crippen LogP contribution in [0.4, 0.5) is 65.6 Å². The number of nitrogens with zero attached hydrogens (tertiary/aromatic N) is 3. The molecule has 22 nitrogen and oxygen atoms in total. The van der Waals surface area contributed by atoms with Gasteiger partial charge in [-0.2, -0.15) is 0 Å². The van der Waals surface area contributed by atoms with Crippen LogP contribution in [0.1, 0.15) is 92.7 Å². The van der Waals surface area contributed by atoms with Gasteiger partial charge in [0.2, 0.25) is 0 Å². The Bertz CT molecular complexity index is 2910. The number of hydrogen-bond acceptors (Lipinski definition) is 13. The first kappa shape index (κ1) is 60.2. The summed E-state index contributed by atoms with van der Waals surface area (Å²) < 4.78 is 36.3. The van der Waals surface area contributed by atoms with Crippen molar-refractivity contribution in [1.29, 1.82) is 0 Å². The molecule has 80 heavy (non-hydrogen) atoms. The normalized spacial score (nSPS) is 11.0. The van der Waals surface area contributed by atoms with Gasteiger partial charge >= 0.3 is 18.1 Å². The first-order valence-electron chi connectivity index (χ1n) is 26.1. The maximum Gasteiger partial charge on any atom is 0.323 e. The van der Waals surface area contributed by atoms with Crippen LogP contribution in [0.25, 0.3) is 0 Å². The van der Waals surface area contributed by atoms with Crippen LogP contribution in [0.15, 0.2) is 109 Å². The summed E-state index contributed by atoms with van der Waals surface area (Å²) in [6.45, 7) is 12.5. The molecule has 6 rings (SSSR count). The first-order valence-corrected chi connectivity index (χ1v) is 28.4. The van der Waals surface area contributed by atoms with E-state index in [0.29, 0.717) is 124 Å². The zero-order chi connectivity index (χ0) is 57.9. The smallest absolute Gasteiger partial charge is 0.323 e. The van der Waals surface area contributed by atoms with Crippen LogP contribution < -0.4 is 46.1 Å². The second kappa shape index (κ2) is 28.5. The van der Waals surface area contributed by atoms with Crippen LogP contribution in [-0.4, -0.2) is 52.7 Å². The number of anilines is 6. The van der Waals surface area contributed by atoms with Gasteiger partial charge in [0.25, 0.3) is 17.1 Å². The third-order valence-corrected chi connectivity index (χ3v) is 15.2. The Morgan fingerprint density at radius 2 is 0.650 bits per heavy atom. The fourth-order valence-corrected chi connectivity index (χ4v) is 11.6. The molecule has 6 amide bonds. The molecule has 6 aromatic carbocycles. The molecule has 23 heteroatoms. The number of urea groups is 3. The van der Waals surface area contributed by atoms with Gasteiger partial charge < -0.3 is 50.7 Å². The summed E-state index contributed by atoms with van der Waals surface area (Å²) in [5.41, 5.74) is 4.85. The summed E-state index contributed by atoms with van der Waals surface area (Å²) in [7, 11) is -3.80. The van der Waals surface area contributed by atoms with E-state index in [0.717, 1.165) is 19.3 Å². The van der Waals surface area contributed by atoms with E-state index in [-0.39, 0.29) is 35.5 Å². The number of amides is 6. The Kier molecular flexibility index (Phi) is 21.5. The lowest BCUT2D eigenvalue weighted by Crippen LogP contribution is -2.20. The number of benzene rings is 6. The number of aryl methyl sites for hydroxylation is 3. The molecule has 0 fully saturated rings. The summed E-state index contributed by atoms with van der Waals surface area (Å²) in [4.78, 5) is 72.9. The average Bonchev–Trinajstić information content (AvgIpc) is 3.46. The largest absolute Gasteiger partial charge is 0.493 e. The van der Waals surface area contributed by atoms with Crippen LogP contribution in [0, 0.1) is 51.1 Å². The molecule has 6 N–H and O–H groups in total. The lowest BCUT2D eigenvalue weighted by molar-refractivity contribution is -0.385. The van der Waals surface area contributed by atoms with E-state index in [9.17, 15) is 44.7 Å². The number of unbranched alkanes of at least 4 members (excludes halogenated alkanes) is 3. The SMILES string of the molecule is CCCCOc1c(C)cc(NC(=O)Nc2ccc([N+](=O)[O-])cc2)cc1CP(=O)(Cc1cc(NC(=O)Nc2ccc([N+](=O)[O-])cc2)cc(C)c1OCCCC)Cc1cc(NC(=O)Nc2ccc([N+](=O)[O-])cc2)cc(C)c1OCCCC. The number of nitrogens with one attached hydrogen (secondary N) is 6. The highest BCUT2D eigenvalue weighted by molar-refractivity contribution is 7.61. The molecule has 0 saturated carbocycles. The number of carbonyl (C=O) groups excluding carboxylic acids is 3. The van der Waals surface area contributed by atoms with Crippen molar-refractivity contribution in [1.82, 2.24) is 0 Å². The Hall–Kier alpha value is -9.04. The van der Waals surface area contributed by atoms with E-state index in [1.54, 1.807) is 36.4 Å². The minimum atomic E-state index is -3.80. The predicted molar refractivity (Wildman–Crippen MR) is 311 cm³/mol. The zero-order valence-corrected chi connectivity index (χ0v) is 46.4. The van der Waals surface area contributed by atoms with Crippen LogP contribution in [0.2, 0.25) is 0 Å². The number of non-ortho nitro benzene ring substituents is 3. The van der Waals surface area contributed by atoms with Crippen LogP contribution in [0.3, 0.4) is 0 Å². The fraction of sp³-hybridized carbons (Fsp3) is 0.316. The summed E-state index contributed by atoms with van der Waals surface area (Å²) in [6.07, 6.45) is 4.23. The third-order valence-electron chi connectivity index (χ3n) is 12.4. The Morgan fingerprint density at radius 3 is 0.875 bits per heavy atom. The van der Waals surface area contributed by atoms with Gasteiger partial charge in [-0.15, -0.1) is 0 Å². The molecule has 0 aliphatic heterocycles. The predicted octanol–water partition coefficient (Wildman–Crippen LogP) is 15.1. The van der Waals surface area contributed by atoms with Crippen molar-refractivity contribution >= 4 is 76.4 Å². The summed E-state index contributed by atoms with van der Waals surface area (Å²) in [5, 5.41) is 50.5. The molecule has 0 atom stereocenters. The van der Waals surface area contributed by atoms with Gasteiger partial charge in [-0.05, 0) is 130 Å². The molecule has 0 radical (unpaired) electrons. The van der Waals surface area contributed by atoms with E-state index in [1.807, 2.05) is 41.5 Å². The van der Waals surface area contributed by atoms with Gasteiger partial charge in [0, 0.05) is 106 Å². The summed E-state index contributed by atoms with van der Waals surface area (Å²) >= 11 is 0. The van der Waals surface area contributed by atoms with Crippen LogP contribution >= 0.6 is 7.14 Å². The van der Waals surface area contributed by atoms with Gasteiger partial charge in [-0.3, -0.25) is 30.3 Å². The highest BCUT2D eigenvalue weighted by Gasteiger charge is 2.31. The number of carbonyl (C=O) groups is 3. The Balaban J connectivity index is 1.47. The number of hydrogen-bond donors (Lipinski definition) is 6. The lowest BCUT2D eigenvalue weighted by atomic mass is 10.1. The highest BCUT2D eigenvalue weighted by atomic mass is 31.2. The summed E-state index contributed by atoms with van der Waals surface area (Å²) in [6, 6.07) is 24.4. The quantitative estimate of drug-likeness (QED) is 0.0121. The number of nitro benzene ring substituents is 3. The van der Waals surface area contributed by atoms with E-state index >= 15 is 4.57 Å². The topological polar surface area (TPSA) is 298 Å². The molecular formula is C57H66N9O13P.